The number of furan rings is 1. The summed E-state index contributed by atoms with van der Waals surface area (Å²) in [7, 11) is 0. The normalized spacial score (nSPS) is 14.6. The van der Waals surface area contributed by atoms with Crippen LogP contribution in [0.15, 0.2) is 224 Å². The second-order valence-electron chi connectivity index (χ2n) is 19.9. The minimum Gasteiger partial charge on any atom is -0.456 e. The van der Waals surface area contributed by atoms with Crippen molar-refractivity contribution in [2.45, 2.75) is 66.3 Å². The van der Waals surface area contributed by atoms with Crippen LogP contribution in [0.2, 0.25) is 0 Å². The van der Waals surface area contributed by atoms with Crippen molar-refractivity contribution in [1.29, 1.82) is 0 Å². The molecule has 0 spiro atoms. The lowest BCUT2D eigenvalue weighted by molar-refractivity contribution is 0.575. The van der Waals surface area contributed by atoms with E-state index in [2.05, 4.69) is 243 Å². The molecule has 0 N–H and O–H groups in total. The Morgan fingerprint density at radius 2 is 1.24 bits per heavy atom. The van der Waals surface area contributed by atoms with E-state index in [4.69, 9.17) is 4.42 Å². The molecule has 76 heavy (non-hydrogen) atoms. The molecule has 1 atom stereocenters. The third kappa shape index (κ3) is 8.38. The molecule has 4 heterocycles. The van der Waals surface area contributed by atoms with Crippen LogP contribution in [0.5, 0.6) is 0 Å². The van der Waals surface area contributed by atoms with Crippen LogP contribution in [0.3, 0.4) is 0 Å². The molecule has 2 aliphatic carbocycles. The molecule has 8 aromatic carbocycles. The van der Waals surface area contributed by atoms with Crippen LogP contribution in [0.4, 0.5) is 0 Å². The number of thiophene rings is 1. The maximum Gasteiger partial charge on any atom is 0.137 e. The number of benzene rings is 8. The van der Waals surface area contributed by atoms with E-state index in [0.29, 0.717) is 0 Å². The lowest BCUT2D eigenvalue weighted by Gasteiger charge is -2.23. The Hall–Kier alpha value is -8.44. The van der Waals surface area contributed by atoms with Gasteiger partial charge in [-0.25, -0.2) is 0 Å². The molecule has 3 nitrogen and oxygen atoms in total. The molecule has 0 radical (unpaired) electrons. The summed E-state index contributed by atoms with van der Waals surface area (Å²) in [6, 6.07) is 63.5. The van der Waals surface area contributed by atoms with Crippen molar-refractivity contribution in [2.75, 3.05) is 0 Å². The first-order valence-corrected chi connectivity index (χ1v) is 27.6. The zero-order chi connectivity index (χ0) is 52.7. The van der Waals surface area contributed by atoms with Gasteiger partial charge in [0.1, 0.15) is 11.0 Å². The Balaban J connectivity index is 0.000000731. The zero-order valence-electron chi connectivity index (χ0n) is 44.7. The minimum atomic E-state index is -0.0753. The maximum atomic E-state index is 6.59. The Morgan fingerprint density at radius 3 is 2.00 bits per heavy atom. The van der Waals surface area contributed by atoms with E-state index in [1.807, 2.05) is 45.1 Å². The summed E-state index contributed by atoms with van der Waals surface area (Å²) in [6.07, 6.45) is 17.9. The van der Waals surface area contributed by atoms with Crippen molar-refractivity contribution in [1.82, 2.24) is 9.13 Å². The van der Waals surface area contributed by atoms with Gasteiger partial charge in [-0.05, 0) is 138 Å². The number of hydrogen-bond donors (Lipinski definition) is 0. The molecule has 0 amide bonds. The average Bonchev–Trinajstić information content (AvgIpc) is 4.29. The second kappa shape index (κ2) is 20.7. The van der Waals surface area contributed by atoms with Crippen LogP contribution < -0.4 is 10.6 Å². The van der Waals surface area contributed by atoms with Crippen molar-refractivity contribution in [3.8, 4) is 39.1 Å². The van der Waals surface area contributed by atoms with Gasteiger partial charge < -0.3 is 13.6 Å². The fourth-order valence-electron chi connectivity index (χ4n) is 11.7. The van der Waals surface area contributed by atoms with E-state index in [0.717, 1.165) is 44.9 Å². The maximum absolute atomic E-state index is 6.59. The Morgan fingerprint density at radius 1 is 0.579 bits per heavy atom. The Bertz CT molecular complexity index is 4380. The van der Waals surface area contributed by atoms with E-state index in [9.17, 15) is 0 Å². The van der Waals surface area contributed by atoms with Gasteiger partial charge in [0, 0.05) is 69.6 Å². The van der Waals surface area contributed by atoms with Gasteiger partial charge in [-0.15, -0.1) is 24.5 Å². The molecule has 14 rings (SSSR count). The predicted octanol–water partition coefficient (Wildman–Crippen LogP) is 19.6. The lowest BCUT2D eigenvalue weighted by atomic mass is 9.82. The van der Waals surface area contributed by atoms with Crippen LogP contribution in [-0.2, 0) is 5.41 Å². The quantitative estimate of drug-likeness (QED) is 0.158. The number of rotatable bonds is 5. The van der Waals surface area contributed by atoms with Gasteiger partial charge in [-0.2, -0.15) is 0 Å². The van der Waals surface area contributed by atoms with E-state index < -0.39 is 0 Å². The van der Waals surface area contributed by atoms with Gasteiger partial charge in [-0.1, -0.05) is 173 Å². The molecule has 0 fully saturated rings. The molecule has 4 aromatic heterocycles. The third-order valence-corrected chi connectivity index (χ3v) is 16.2. The highest BCUT2D eigenvalue weighted by molar-refractivity contribution is 7.26. The number of nitrogens with zero attached hydrogens (tertiary/aromatic N) is 2. The summed E-state index contributed by atoms with van der Waals surface area (Å²) in [5.74, 6) is 0. The van der Waals surface area contributed by atoms with E-state index in [1.165, 1.54) is 91.9 Å². The SMILES string of the molecule is C/C=c1\c(=C/c2cc3cc(-c4ccc5c(c4)c4cc6c(cc4n5C4C=CC=CC4)C(C)(C)c4ccccc4-6)ccc3n2-c2ccc(-c3cccc4c3sc3ccccc34)cc2)oc2ccccc12.C=CC.C=CC.CC. The largest absolute Gasteiger partial charge is 0.456 e. The van der Waals surface area contributed by atoms with Crippen LogP contribution in [0.25, 0.3) is 115 Å². The molecule has 12 aromatic rings. The zero-order valence-corrected chi connectivity index (χ0v) is 45.5. The molecular weight excluding hydrogens is 941 g/mol. The third-order valence-electron chi connectivity index (χ3n) is 15.0. The van der Waals surface area contributed by atoms with Crippen LogP contribution in [0, 0.1) is 0 Å². The molecule has 1 unspecified atom stereocenters. The van der Waals surface area contributed by atoms with Crippen LogP contribution >= 0.6 is 11.3 Å². The summed E-state index contributed by atoms with van der Waals surface area (Å²) in [5, 5.41) is 8.62. The van der Waals surface area contributed by atoms with Gasteiger partial charge in [0.05, 0.1) is 22.8 Å². The first-order valence-electron chi connectivity index (χ1n) is 26.8. The number of aromatic nitrogens is 2. The molecule has 0 saturated carbocycles. The topological polar surface area (TPSA) is 23.0 Å². The highest BCUT2D eigenvalue weighted by Crippen LogP contribution is 2.51. The van der Waals surface area contributed by atoms with Crippen LogP contribution in [0.1, 0.15) is 77.7 Å². The number of para-hydroxylation sites is 1. The average molecular weight is 1010 g/mol. The summed E-state index contributed by atoms with van der Waals surface area (Å²) in [6.45, 7) is 21.4. The van der Waals surface area contributed by atoms with Crippen molar-refractivity contribution in [2.24, 2.45) is 0 Å². The van der Waals surface area contributed by atoms with E-state index in [1.54, 1.807) is 12.2 Å². The summed E-state index contributed by atoms with van der Waals surface area (Å²) < 4.78 is 14.2. The summed E-state index contributed by atoms with van der Waals surface area (Å²) in [4.78, 5) is 0. The van der Waals surface area contributed by atoms with Gasteiger partial charge in [0.2, 0.25) is 0 Å². The minimum absolute atomic E-state index is 0.0753. The second-order valence-corrected chi connectivity index (χ2v) is 21.0. The van der Waals surface area contributed by atoms with Crippen molar-refractivity contribution >= 4 is 87.3 Å². The molecular formula is C72H64N2OS. The highest BCUT2D eigenvalue weighted by Gasteiger charge is 2.36. The first kappa shape index (κ1) is 49.8. The fourth-order valence-corrected chi connectivity index (χ4v) is 13.0. The fraction of sp³-hybridized carbons (Fsp3) is 0.139. The summed E-state index contributed by atoms with van der Waals surface area (Å²) in [5.41, 5.74) is 17.9. The van der Waals surface area contributed by atoms with E-state index >= 15 is 0 Å². The van der Waals surface area contributed by atoms with Crippen LogP contribution in [-0.4, -0.2) is 9.13 Å². The Labute approximate surface area is 450 Å². The Kier molecular flexibility index (Phi) is 13.6. The van der Waals surface area contributed by atoms with Gasteiger partial charge >= 0.3 is 0 Å². The van der Waals surface area contributed by atoms with Gasteiger partial charge in [0.25, 0.3) is 0 Å². The molecule has 0 saturated heterocycles. The lowest BCUT2D eigenvalue weighted by Crippen LogP contribution is -2.20. The monoisotopic (exact) mass is 1000 g/mol. The standard InChI is InChI=1S/C64H46N2OS.2C3H6.C2H6/c1-4-46-49-18-9-12-23-60(49)67-61(46)36-45-34-42-33-40(27-31-57(42)65(45)44-29-25-39(26-30-44)47-20-14-21-51-50-19-10-13-24-62(50)68-63(47)51)41-28-32-58-53(35-41)54-37-52-48-17-8-11-22-55(48)64(2,3)56(52)38-59(54)66(58)43-15-6-5-7-16-43;2*1-3-2;1-2/h4-15,17-38,43H,16H2,1-3H3;2*3H,1H2,2H3;1-2H3/b46-4-,61-36+;;;. The van der Waals surface area contributed by atoms with Gasteiger partial charge in [0.15, 0.2) is 0 Å². The molecule has 4 heteroatoms. The smallest absolute Gasteiger partial charge is 0.137 e. The first-order chi connectivity index (χ1) is 37.2. The molecule has 2 aliphatic rings. The molecule has 0 bridgehead atoms. The van der Waals surface area contributed by atoms with Crippen molar-refractivity contribution < 1.29 is 4.42 Å². The van der Waals surface area contributed by atoms with Crippen molar-refractivity contribution in [3.05, 3.63) is 247 Å². The molecule has 374 valence electrons. The number of hydrogen-bond acceptors (Lipinski definition) is 2. The number of allylic oxidation sites excluding steroid dienone is 6. The van der Waals surface area contributed by atoms with Gasteiger partial charge in [-0.3, -0.25) is 0 Å². The van der Waals surface area contributed by atoms with E-state index in [-0.39, 0.29) is 11.5 Å². The number of fused-ring (bicyclic) bond motifs is 11. The predicted molar refractivity (Wildman–Crippen MR) is 332 cm³/mol. The summed E-state index contributed by atoms with van der Waals surface area (Å²) >= 11 is 1.88. The highest BCUT2D eigenvalue weighted by atomic mass is 32.1. The molecule has 0 aliphatic heterocycles. The van der Waals surface area contributed by atoms with Crippen molar-refractivity contribution in [3.63, 3.8) is 0 Å².